The second-order valence-electron chi connectivity index (χ2n) is 2.82. The second-order valence-corrected chi connectivity index (χ2v) is 4.74. The Bertz CT molecular complexity index is 469. The highest BCUT2D eigenvalue weighted by Crippen LogP contribution is 2.32. The lowest BCUT2D eigenvalue weighted by Crippen LogP contribution is -1.87. The summed E-state index contributed by atoms with van der Waals surface area (Å²) in [6, 6.07) is 3.48. The van der Waals surface area contributed by atoms with Crippen LogP contribution in [0.4, 0.5) is 0 Å². The second kappa shape index (κ2) is 4.03. The van der Waals surface area contributed by atoms with Crippen LogP contribution in [0.1, 0.15) is 5.01 Å². The van der Waals surface area contributed by atoms with Crippen molar-refractivity contribution in [3.63, 3.8) is 0 Å². The van der Waals surface area contributed by atoms with E-state index in [2.05, 4.69) is 4.98 Å². The lowest BCUT2D eigenvalue weighted by atomic mass is 10.3. The van der Waals surface area contributed by atoms with Crippen LogP contribution in [0.2, 0.25) is 10.0 Å². The van der Waals surface area contributed by atoms with Gasteiger partial charge in [-0.05, 0) is 12.1 Å². The van der Waals surface area contributed by atoms with E-state index in [1.807, 2.05) is 0 Å². The van der Waals surface area contributed by atoms with Gasteiger partial charge in [-0.15, -0.1) is 11.3 Å². The van der Waals surface area contributed by atoms with Gasteiger partial charge < -0.3 is 5.11 Å². The maximum absolute atomic E-state index is 8.78. The predicted octanol–water partition coefficient (Wildman–Crippen LogP) is 3.14. The van der Waals surface area contributed by atoms with Crippen LogP contribution < -0.4 is 0 Å². The molecule has 2 aromatic rings. The SMILES string of the molecule is OCCc1nc2cc(Cl)cc(Cl)c2s1. The van der Waals surface area contributed by atoms with Crippen molar-refractivity contribution in [2.45, 2.75) is 6.42 Å². The molecule has 1 aromatic heterocycles. The van der Waals surface area contributed by atoms with Crippen LogP contribution in [-0.4, -0.2) is 16.7 Å². The van der Waals surface area contributed by atoms with E-state index >= 15 is 0 Å². The molecule has 1 N–H and O–H groups in total. The molecule has 0 aliphatic heterocycles. The normalized spacial score (nSPS) is 11.1. The fourth-order valence-corrected chi connectivity index (χ4v) is 2.75. The molecule has 2 nitrogen and oxygen atoms in total. The highest BCUT2D eigenvalue weighted by molar-refractivity contribution is 7.19. The van der Waals surface area contributed by atoms with Gasteiger partial charge in [-0.25, -0.2) is 4.98 Å². The standard InChI is InChI=1S/C9H7Cl2NOS/c10-5-3-6(11)9-7(4-5)12-8(14-9)1-2-13/h3-4,13H,1-2H2. The van der Waals surface area contributed by atoms with Crippen molar-refractivity contribution in [3.8, 4) is 0 Å². The number of thiazole rings is 1. The Morgan fingerprint density at radius 3 is 2.86 bits per heavy atom. The molecule has 0 unspecified atom stereocenters. The molecule has 0 atom stereocenters. The summed E-state index contributed by atoms with van der Waals surface area (Å²) >= 11 is 13.3. The van der Waals surface area contributed by atoms with Gasteiger partial charge in [-0.2, -0.15) is 0 Å². The first-order valence-corrected chi connectivity index (χ1v) is 5.63. The predicted molar refractivity (Wildman–Crippen MR) is 60.4 cm³/mol. The number of hydrogen-bond acceptors (Lipinski definition) is 3. The number of aliphatic hydroxyl groups excluding tert-OH is 1. The van der Waals surface area contributed by atoms with E-state index < -0.39 is 0 Å². The minimum absolute atomic E-state index is 0.102. The van der Waals surface area contributed by atoms with Crippen molar-refractivity contribution in [1.82, 2.24) is 4.98 Å². The summed E-state index contributed by atoms with van der Waals surface area (Å²) in [6.45, 7) is 0.102. The van der Waals surface area contributed by atoms with Gasteiger partial charge in [-0.1, -0.05) is 23.2 Å². The summed E-state index contributed by atoms with van der Waals surface area (Å²) in [4.78, 5) is 4.31. The van der Waals surface area contributed by atoms with Gasteiger partial charge >= 0.3 is 0 Å². The van der Waals surface area contributed by atoms with Crippen LogP contribution in [-0.2, 0) is 6.42 Å². The quantitative estimate of drug-likeness (QED) is 0.885. The highest BCUT2D eigenvalue weighted by atomic mass is 35.5. The summed E-state index contributed by atoms with van der Waals surface area (Å²) in [5, 5.41) is 10.9. The molecule has 0 fully saturated rings. The number of rotatable bonds is 2. The van der Waals surface area contributed by atoms with Gasteiger partial charge in [0.05, 0.1) is 20.2 Å². The average Bonchev–Trinajstić information content (AvgIpc) is 2.48. The van der Waals surface area contributed by atoms with Gasteiger partial charge in [0, 0.05) is 18.1 Å². The summed E-state index contributed by atoms with van der Waals surface area (Å²) in [6.07, 6.45) is 0.563. The van der Waals surface area contributed by atoms with E-state index in [1.165, 1.54) is 11.3 Å². The van der Waals surface area contributed by atoms with E-state index in [4.69, 9.17) is 28.3 Å². The Labute approximate surface area is 95.1 Å². The van der Waals surface area contributed by atoms with Gasteiger partial charge in [0.1, 0.15) is 0 Å². The van der Waals surface area contributed by atoms with E-state index in [1.54, 1.807) is 12.1 Å². The third-order valence-electron chi connectivity index (χ3n) is 1.78. The molecule has 0 saturated heterocycles. The molecule has 2 rings (SSSR count). The minimum atomic E-state index is 0.102. The number of benzene rings is 1. The Morgan fingerprint density at radius 2 is 2.14 bits per heavy atom. The molecule has 0 saturated carbocycles. The van der Waals surface area contributed by atoms with Gasteiger partial charge in [0.25, 0.3) is 0 Å². The molecule has 0 bridgehead atoms. The van der Waals surface area contributed by atoms with Crippen LogP contribution >= 0.6 is 34.5 Å². The van der Waals surface area contributed by atoms with Crippen molar-refractivity contribution in [2.24, 2.45) is 0 Å². The van der Waals surface area contributed by atoms with Crippen molar-refractivity contribution in [2.75, 3.05) is 6.61 Å². The van der Waals surface area contributed by atoms with E-state index in [0.717, 1.165) is 15.2 Å². The van der Waals surface area contributed by atoms with Crippen molar-refractivity contribution in [1.29, 1.82) is 0 Å². The first kappa shape index (κ1) is 10.2. The number of aromatic nitrogens is 1. The smallest absolute Gasteiger partial charge is 0.0962 e. The number of hydrogen-bond donors (Lipinski definition) is 1. The fourth-order valence-electron chi connectivity index (χ4n) is 1.21. The monoisotopic (exact) mass is 247 g/mol. The molecule has 1 aromatic carbocycles. The van der Waals surface area contributed by atoms with Gasteiger partial charge in [-0.3, -0.25) is 0 Å². The highest BCUT2D eigenvalue weighted by Gasteiger charge is 2.07. The summed E-state index contributed by atoms with van der Waals surface area (Å²) in [5.74, 6) is 0. The zero-order chi connectivity index (χ0) is 10.1. The molecular formula is C9H7Cl2NOS. The van der Waals surface area contributed by atoms with Crippen LogP contribution in [0.25, 0.3) is 10.2 Å². The first-order valence-electron chi connectivity index (χ1n) is 4.06. The Kier molecular flexibility index (Phi) is 2.93. The number of aliphatic hydroxyl groups is 1. The van der Waals surface area contributed by atoms with Crippen LogP contribution in [0.3, 0.4) is 0 Å². The van der Waals surface area contributed by atoms with E-state index in [-0.39, 0.29) is 6.61 Å². The number of fused-ring (bicyclic) bond motifs is 1. The molecule has 14 heavy (non-hydrogen) atoms. The van der Waals surface area contributed by atoms with Crippen LogP contribution in [0.5, 0.6) is 0 Å². The molecular weight excluding hydrogens is 241 g/mol. The molecule has 0 aliphatic carbocycles. The molecule has 0 radical (unpaired) electrons. The fraction of sp³-hybridized carbons (Fsp3) is 0.222. The molecule has 0 spiro atoms. The lowest BCUT2D eigenvalue weighted by molar-refractivity contribution is 0.299. The maximum Gasteiger partial charge on any atom is 0.0962 e. The Hall–Kier alpha value is -0.350. The zero-order valence-electron chi connectivity index (χ0n) is 7.13. The van der Waals surface area contributed by atoms with Crippen LogP contribution in [0.15, 0.2) is 12.1 Å². The molecule has 74 valence electrons. The van der Waals surface area contributed by atoms with Crippen LogP contribution in [0, 0.1) is 0 Å². The van der Waals surface area contributed by atoms with Gasteiger partial charge in [0.15, 0.2) is 0 Å². The number of halogens is 2. The third kappa shape index (κ3) is 1.86. The Balaban J connectivity index is 2.58. The molecule has 5 heteroatoms. The van der Waals surface area contributed by atoms with Crippen molar-refractivity contribution in [3.05, 3.63) is 27.2 Å². The molecule has 0 aliphatic rings. The maximum atomic E-state index is 8.78. The summed E-state index contributed by atoms with van der Waals surface area (Å²) in [7, 11) is 0. The Morgan fingerprint density at radius 1 is 1.36 bits per heavy atom. The van der Waals surface area contributed by atoms with E-state index in [9.17, 15) is 0 Å². The zero-order valence-corrected chi connectivity index (χ0v) is 9.46. The summed E-state index contributed by atoms with van der Waals surface area (Å²) < 4.78 is 0.930. The third-order valence-corrected chi connectivity index (χ3v) is 3.57. The first-order chi connectivity index (χ1) is 6.70. The summed E-state index contributed by atoms with van der Waals surface area (Å²) in [5.41, 5.74) is 0.802. The topological polar surface area (TPSA) is 33.1 Å². The lowest BCUT2D eigenvalue weighted by Gasteiger charge is -1.92. The van der Waals surface area contributed by atoms with Crippen molar-refractivity contribution >= 4 is 44.8 Å². The average molecular weight is 248 g/mol. The molecule has 1 heterocycles. The number of nitrogens with zero attached hydrogens (tertiary/aromatic N) is 1. The van der Waals surface area contributed by atoms with Gasteiger partial charge in [0.2, 0.25) is 0 Å². The van der Waals surface area contributed by atoms with Crippen molar-refractivity contribution < 1.29 is 5.11 Å². The minimum Gasteiger partial charge on any atom is -0.396 e. The molecule has 0 amide bonds. The largest absolute Gasteiger partial charge is 0.396 e. The van der Waals surface area contributed by atoms with E-state index in [0.29, 0.717) is 16.5 Å².